The SMILES string of the molecule is [Cl][Hg].[Cl][Hg].[Cl][Hg][Cl]. The summed E-state index contributed by atoms with van der Waals surface area (Å²) < 4.78 is 0. The molecule has 0 unspecified atom stereocenters. The van der Waals surface area contributed by atoms with Gasteiger partial charge in [-0.25, -0.2) is 0 Å². The topological polar surface area (TPSA) is 0 Å². The third-order valence-electron chi connectivity index (χ3n) is 0. The summed E-state index contributed by atoms with van der Waals surface area (Å²) in [5.41, 5.74) is 0. The van der Waals surface area contributed by atoms with Gasteiger partial charge in [0.05, 0.1) is 0 Å². The Balaban J connectivity index is -0.0000000360. The van der Waals surface area contributed by atoms with Gasteiger partial charge in [-0.2, -0.15) is 0 Å². The molecule has 0 fully saturated rings. The van der Waals surface area contributed by atoms with E-state index >= 15 is 0 Å². The molecular formula is Cl4Hg3. The minimum absolute atomic E-state index is 0.500. The van der Waals surface area contributed by atoms with Crippen molar-refractivity contribution in [1.29, 1.82) is 0 Å². The molecule has 34 valence electrons. The summed E-state index contributed by atoms with van der Waals surface area (Å²) >= 11 is -0.139. The van der Waals surface area contributed by atoms with E-state index in [1.165, 1.54) is 0 Å². The van der Waals surface area contributed by atoms with E-state index in [1.54, 1.807) is 0 Å². The second kappa shape index (κ2) is 32.5. The van der Waals surface area contributed by atoms with Crippen molar-refractivity contribution in [2.24, 2.45) is 0 Å². The molecule has 0 amide bonds. The van der Waals surface area contributed by atoms with Crippen LogP contribution in [0, 0.1) is 0 Å². The molecule has 0 rings (SSSR count). The second-order valence-corrected chi connectivity index (χ2v) is 7.98. The van der Waals surface area contributed by atoms with E-state index in [9.17, 15) is 0 Å². The Morgan fingerprint density at radius 1 is 0.857 bits per heavy atom. The third-order valence-corrected chi connectivity index (χ3v) is 0. The van der Waals surface area contributed by atoms with Crippen molar-refractivity contribution in [1.82, 2.24) is 0 Å². The van der Waals surface area contributed by atoms with Gasteiger partial charge in [0, 0.05) is 0 Å². The van der Waals surface area contributed by atoms with E-state index in [2.05, 4.69) is 0 Å². The summed E-state index contributed by atoms with van der Waals surface area (Å²) in [4.78, 5) is 0. The van der Waals surface area contributed by atoms with Gasteiger partial charge in [0.1, 0.15) is 0 Å². The molecule has 0 saturated carbocycles. The Kier molecular flexibility index (Phi) is 79.7. The van der Waals surface area contributed by atoms with Crippen molar-refractivity contribution in [3.63, 3.8) is 0 Å². The fraction of sp³-hybridized carbons (Fsp3) is 0. The van der Waals surface area contributed by atoms with Gasteiger partial charge in [-0.3, -0.25) is 0 Å². The van der Waals surface area contributed by atoms with Crippen LogP contribution in [0.1, 0.15) is 0 Å². The fourth-order valence-electron chi connectivity index (χ4n) is 0. The molecule has 0 atom stereocenters. The van der Waals surface area contributed by atoms with Crippen molar-refractivity contribution in [2.45, 2.75) is 0 Å². The molecule has 0 radical (unpaired) electrons. The van der Waals surface area contributed by atoms with Crippen LogP contribution in [-0.4, -0.2) is 0 Å². The zero-order valence-corrected chi connectivity index (χ0v) is 23.2. The molecule has 0 aliphatic carbocycles. The molecule has 0 aliphatic heterocycles. The van der Waals surface area contributed by atoms with Gasteiger partial charge >= 0.3 is 105 Å². The van der Waals surface area contributed by atoms with Crippen LogP contribution in [0.15, 0.2) is 0 Å². The maximum absolute atomic E-state index is 4.99. The van der Waals surface area contributed by atoms with Gasteiger partial charge in [0.25, 0.3) is 0 Å². The summed E-state index contributed by atoms with van der Waals surface area (Å²) in [6.45, 7) is 0. The van der Waals surface area contributed by atoms with Crippen LogP contribution in [0.4, 0.5) is 0 Å². The molecule has 0 nitrogen and oxygen atoms in total. The second-order valence-electron chi connectivity index (χ2n) is 0.101. The first-order chi connectivity index (χ1) is 3.41. The van der Waals surface area contributed by atoms with E-state index in [-0.39, 0.29) is 0 Å². The van der Waals surface area contributed by atoms with Gasteiger partial charge in [-0.15, -0.1) is 0 Å². The van der Waals surface area contributed by atoms with Gasteiger partial charge in [0.15, 0.2) is 0 Å². The van der Waals surface area contributed by atoms with Crippen LogP contribution in [0.2, 0.25) is 0 Å². The van der Waals surface area contributed by atoms with Crippen molar-refractivity contribution in [2.75, 3.05) is 0 Å². The maximum atomic E-state index is 4.99. The van der Waals surface area contributed by atoms with Crippen molar-refractivity contribution < 1.29 is 71.9 Å². The molecule has 7 heteroatoms. The van der Waals surface area contributed by atoms with E-state index in [4.69, 9.17) is 33.0 Å². The van der Waals surface area contributed by atoms with Crippen LogP contribution in [0.25, 0.3) is 0 Å². The van der Waals surface area contributed by atoms with Crippen LogP contribution in [-0.2, 0) is 71.9 Å². The predicted molar refractivity (Wildman–Crippen MR) is 23.4 cm³/mol. The average Bonchev–Trinajstić information content (AvgIpc) is 1.78. The van der Waals surface area contributed by atoms with Crippen molar-refractivity contribution >= 4 is 33.0 Å². The van der Waals surface area contributed by atoms with E-state index in [0.717, 1.165) is 0 Å². The van der Waals surface area contributed by atoms with Gasteiger partial charge in [-0.05, 0) is 0 Å². The molecule has 0 aromatic heterocycles. The first-order valence-corrected chi connectivity index (χ1v) is 28.1. The molecular weight excluding hydrogens is 744 g/mol. The summed E-state index contributed by atoms with van der Waals surface area (Å²) in [6, 6.07) is 0. The molecule has 0 bridgehead atoms. The predicted octanol–water partition coefficient (Wildman–Crippen LogP) is 2.75. The number of rotatable bonds is 0. The molecule has 0 N–H and O–H groups in total. The monoisotopic (exact) mass is 746 g/mol. The third kappa shape index (κ3) is 40.2. The molecule has 0 aromatic rings. The van der Waals surface area contributed by atoms with Crippen LogP contribution < -0.4 is 0 Å². The molecule has 0 saturated heterocycles. The zero-order valence-electron chi connectivity index (χ0n) is 3.63. The number of halogens is 4. The van der Waals surface area contributed by atoms with Gasteiger partial charge in [-0.1, -0.05) is 0 Å². The Labute approximate surface area is 102 Å². The first kappa shape index (κ1) is 17.2. The summed E-state index contributed by atoms with van der Waals surface area (Å²) in [6.07, 6.45) is 0. The molecule has 7 heavy (non-hydrogen) atoms. The zero-order chi connectivity index (χ0) is 6.71. The van der Waals surface area contributed by atoms with Crippen LogP contribution in [0.5, 0.6) is 0 Å². The number of hydrogen-bond acceptors (Lipinski definition) is 0. The van der Waals surface area contributed by atoms with Crippen molar-refractivity contribution in [3.05, 3.63) is 0 Å². The average molecular weight is 744 g/mol. The number of hydrogen-bond donors (Lipinski definition) is 0. The molecule has 0 heterocycles. The molecule has 0 aliphatic rings. The Morgan fingerprint density at radius 2 is 0.857 bits per heavy atom. The summed E-state index contributed by atoms with van der Waals surface area (Å²) in [5, 5.41) is 0. The Bertz CT molecular complexity index is 6.90. The summed E-state index contributed by atoms with van der Waals surface area (Å²) in [5.74, 6) is 0. The van der Waals surface area contributed by atoms with Crippen LogP contribution in [0.3, 0.4) is 0 Å². The Hall–Kier alpha value is 3.97. The van der Waals surface area contributed by atoms with Crippen LogP contribution >= 0.6 is 33.0 Å². The standard InChI is InChI=1S/4ClH.3Hg/h4*1H;;;/q;;;;2*+1;+2/p-4. The van der Waals surface area contributed by atoms with Gasteiger partial charge in [0.2, 0.25) is 0 Å². The van der Waals surface area contributed by atoms with Crippen molar-refractivity contribution in [3.8, 4) is 0 Å². The van der Waals surface area contributed by atoms with Gasteiger partial charge < -0.3 is 0 Å². The van der Waals surface area contributed by atoms with E-state index in [0.29, 0.717) is 49.8 Å². The normalized spacial score (nSPS) is 3.43. The molecule has 0 aromatic carbocycles. The van der Waals surface area contributed by atoms with E-state index in [1.807, 2.05) is 0 Å². The quantitative estimate of drug-likeness (QED) is 0.336. The van der Waals surface area contributed by atoms with E-state index < -0.39 is 22.1 Å². The minimum atomic E-state index is -1.14. The first-order valence-electron chi connectivity index (χ1n) is 1.07. The summed E-state index contributed by atoms with van der Waals surface area (Å²) in [7, 11) is 19.6. The Morgan fingerprint density at radius 3 is 0.857 bits per heavy atom. The fourth-order valence-corrected chi connectivity index (χ4v) is 0. The molecule has 0 spiro atoms.